The van der Waals surface area contributed by atoms with Gasteiger partial charge in [0.2, 0.25) is 0 Å². The lowest BCUT2D eigenvalue weighted by atomic mass is 10.1. The molecule has 0 spiro atoms. The highest BCUT2D eigenvalue weighted by Crippen LogP contribution is 2.23. The number of carboxylic acids is 1. The van der Waals surface area contributed by atoms with Gasteiger partial charge >= 0.3 is 5.97 Å². The summed E-state index contributed by atoms with van der Waals surface area (Å²) in [5.41, 5.74) is 1.09. The number of hydrogen-bond donors (Lipinski definition) is 1. The fourth-order valence-corrected chi connectivity index (χ4v) is 2.70. The van der Waals surface area contributed by atoms with E-state index in [0.29, 0.717) is 24.0 Å². The number of rotatable bonds is 2. The lowest BCUT2D eigenvalue weighted by Gasteiger charge is -2.21. The summed E-state index contributed by atoms with van der Waals surface area (Å²) in [4.78, 5) is 29.5. The number of nitrogens with zero attached hydrogens (tertiary/aromatic N) is 2. The first-order valence-electron chi connectivity index (χ1n) is 6.56. The summed E-state index contributed by atoms with van der Waals surface area (Å²) in [6.07, 6.45) is 2.87. The Hall–Kier alpha value is -2.43. The SMILES string of the molecule is O=C(O)C1CCCN1C(=O)c1cccc2cccnc12. The largest absolute Gasteiger partial charge is 0.480 e. The molecule has 0 bridgehead atoms. The van der Waals surface area contributed by atoms with Gasteiger partial charge in [0, 0.05) is 18.1 Å². The molecule has 1 amide bonds. The third-order valence-corrected chi connectivity index (χ3v) is 3.66. The summed E-state index contributed by atoms with van der Waals surface area (Å²) in [7, 11) is 0. The normalized spacial score (nSPS) is 18.4. The molecule has 5 heteroatoms. The average Bonchev–Trinajstić information content (AvgIpc) is 2.95. The van der Waals surface area contributed by atoms with E-state index in [1.54, 1.807) is 18.3 Å². The Kier molecular flexibility index (Phi) is 3.10. The average molecular weight is 270 g/mol. The Morgan fingerprint density at radius 1 is 1.25 bits per heavy atom. The molecule has 1 aromatic heterocycles. The van der Waals surface area contributed by atoms with Gasteiger partial charge in [-0.25, -0.2) is 4.79 Å². The van der Waals surface area contributed by atoms with Gasteiger partial charge in [-0.3, -0.25) is 9.78 Å². The van der Waals surface area contributed by atoms with E-state index in [4.69, 9.17) is 0 Å². The summed E-state index contributed by atoms with van der Waals surface area (Å²) in [5.74, 6) is -1.19. The minimum atomic E-state index is -0.941. The fourth-order valence-electron chi connectivity index (χ4n) is 2.70. The summed E-state index contributed by atoms with van der Waals surface area (Å²) >= 11 is 0. The molecule has 5 nitrogen and oxygen atoms in total. The number of pyridine rings is 1. The molecule has 20 heavy (non-hydrogen) atoms. The maximum absolute atomic E-state index is 12.6. The summed E-state index contributed by atoms with van der Waals surface area (Å²) in [5, 5.41) is 10.1. The zero-order valence-electron chi connectivity index (χ0n) is 10.8. The Morgan fingerprint density at radius 3 is 2.85 bits per heavy atom. The standard InChI is InChI=1S/C15H14N2O3/c18-14(17-9-3-7-12(17)15(19)20)11-6-1-4-10-5-2-8-16-13(10)11/h1-2,4-6,8,12H,3,7,9H2,(H,19,20). The van der Waals surface area contributed by atoms with Crippen molar-refractivity contribution in [2.45, 2.75) is 18.9 Å². The monoisotopic (exact) mass is 270 g/mol. The molecule has 102 valence electrons. The molecule has 2 heterocycles. The predicted molar refractivity (Wildman–Crippen MR) is 73.4 cm³/mol. The highest BCUT2D eigenvalue weighted by Gasteiger charge is 2.34. The number of carbonyl (C=O) groups is 2. The van der Waals surface area contributed by atoms with Gasteiger partial charge in [0.25, 0.3) is 5.91 Å². The van der Waals surface area contributed by atoms with Crippen LogP contribution >= 0.6 is 0 Å². The molecule has 0 saturated carbocycles. The molecule has 1 fully saturated rings. The van der Waals surface area contributed by atoms with Crippen LogP contribution in [0.5, 0.6) is 0 Å². The first-order valence-corrected chi connectivity index (χ1v) is 6.56. The zero-order valence-corrected chi connectivity index (χ0v) is 10.8. The van der Waals surface area contributed by atoms with Crippen LogP contribution in [0.3, 0.4) is 0 Å². The van der Waals surface area contributed by atoms with Gasteiger partial charge in [-0.2, -0.15) is 0 Å². The fraction of sp³-hybridized carbons (Fsp3) is 0.267. The van der Waals surface area contributed by atoms with E-state index >= 15 is 0 Å². The Bertz CT molecular complexity index is 678. The van der Waals surface area contributed by atoms with Gasteiger partial charge in [0.05, 0.1) is 11.1 Å². The topological polar surface area (TPSA) is 70.5 Å². The minimum Gasteiger partial charge on any atom is -0.480 e. The van der Waals surface area contributed by atoms with Gasteiger partial charge in [0.15, 0.2) is 0 Å². The number of carboxylic acid groups (broad SMARTS) is 1. The molecule has 0 aliphatic carbocycles. The predicted octanol–water partition coefficient (Wildman–Crippen LogP) is 1.92. The number of para-hydroxylation sites is 1. The number of benzene rings is 1. The quantitative estimate of drug-likeness (QED) is 0.905. The molecule has 1 atom stereocenters. The second kappa shape index (κ2) is 4.92. The molecule has 1 aliphatic rings. The van der Waals surface area contributed by atoms with Crippen LogP contribution in [0.4, 0.5) is 0 Å². The molecule has 2 aromatic rings. The molecule has 1 saturated heterocycles. The van der Waals surface area contributed by atoms with E-state index in [0.717, 1.165) is 11.8 Å². The third-order valence-electron chi connectivity index (χ3n) is 3.66. The van der Waals surface area contributed by atoms with Crippen molar-refractivity contribution in [2.24, 2.45) is 0 Å². The van der Waals surface area contributed by atoms with Crippen LogP contribution in [-0.2, 0) is 4.79 Å². The Labute approximate surface area is 115 Å². The van der Waals surface area contributed by atoms with E-state index in [1.807, 2.05) is 18.2 Å². The van der Waals surface area contributed by atoms with Crippen LogP contribution < -0.4 is 0 Å². The van der Waals surface area contributed by atoms with Gasteiger partial charge in [-0.05, 0) is 25.0 Å². The number of fused-ring (bicyclic) bond motifs is 1. The van der Waals surface area contributed by atoms with Gasteiger partial charge in [-0.1, -0.05) is 18.2 Å². The van der Waals surface area contributed by atoms with Crippen LogP contribution in [0.15, 0.2) is 36.5 Å². The smallest absolute Gasteiger partial charge is 0.326 e. The van der Waals surface area contributed by atoms with Crippen LogP contribution in [0.1, 0.15) is 23.2 Å². The molecular formula is C15H14N2O3. The van der Waals surface area contributed by atoms with Crippen molar-refractivity contribution in [3.63, 3.8) is 0 Å². The van der Waals surface area contributed by atoms with Crippen molar-refractivity contribution in [3.05, 3.63) is 42.1 Å². The second-order valence-corrected chi connectivity index (χ2v) is 4.88. The molecule has 1 unspecified atom stereocenters. The van der Waals surface area contributed by atoms with Crippen molar-refractivity contribution in [3.8, 4) is 0 Å². The lowest BCUT2D eigenvalue weighted by molar-refractivity contribution is -0.141. The molecule has 3 rings (SSSR count). The first kappa shape index (κ1) is 12.6. The van der Waals surface area contributed by atoms with Crippen LogP contribution in [0, 0.1) is 0 Å². The van der Waals surface area contributed by atoms with E-state index in [9.17, 15) is 14.7 Å². The molecule has 0 radical (unpaired) electrons. The van der Waals surface area contributed by atoms with E-state index in [2.05, 4.69) is 4.98 Å². The van der Waals surface area contributed by atoms with Gasteiger partial charge in [0.1, 0.15) is 6.04 Å². The molecule has 1 N–H and O–H groups in total. The van der Waals surface area contributed by atoms with Crippen LogP contribution in [0.25, 0.3) is 10.9 Å². The summed E-state index contributed by atoms with van der Waals surface area (Å²) in [6, 6.07) is 8.36. The van der Waals surface area contributed by atoms with Crippen molar-refractivity contribution in [2.75, 3.05) is 6.54 Å². The highest BCUT2D eigenvalue weighted by molar-refractivity contribution is 6.06. The zero-order chi connectivity index (χ0) is 14.1. The maximum atomic E-state index is 12.6. The van der Waals surface area contributed by atoms with E-state index < -0.39 is 12.0 Å². The maximum Gasteiger partial charge on any atom is 0.326 e. The van der Waals surface area contributed by atoms with Crippen LogP contribution in [0.2, 0.25) is 0 Å². The lowest BCUT2D eigenvalue weighted by Crippen LogP contribution is -2.40. The van der Waals surface area contributed by atoms with E-state index in [1.165, 1.54) is 4.90 Å². The number of amides is 1. The second-order valence-electron chi connectivity index (χ2n) is 4.88. The van der Waals surface area contributed by atoms with Crippen molar-refractivity contribution < 1.29 is 14.7 Å². The number of aliphatic carboxylic acids is 1. The third kappa shape index (κ3) is 2.01. The Morgan fingerprint density at radius 2 is 2.05 bits per heavy atom. The highest BCUT2D eigenvalue weighted by atomic mass is 16.4. The number of hydrogen-bond acceptors (Lipinski definition) is 3. The number of likely N-dealkylation sites (tertiary alicyclic amines) is 1. The van der Waals surface area contributed by atoms with Gasteiger partial charge in [-0.15, -0.1) is 0 Å². The summed E-state index contributed by atoms with van der Waals surface area (Å²) < 4.78 is 0. The van der Waals surface area contributed by atoms with Gasteiger partial charge < -0.3 is 10.0 Å². The molecular weight excluding hydrogens is 256 g/mol. The molecule has 1 aromatic carbocycles. The van der Waals surface area contributed by atoms with E-state index in [-0.39, 0.29) is 5.91 Å². The van der Waals surface area contributed by atoms with Crippen molar-refractivity contribution in [1.82, 2.24) is 9.88 Å². The number of carbonyl (C=O) groups excluding carboxylic acids is 1. The molecule has 1 aliphatic heterocycles. The van der Waals surface area contributed by atoms with Crippen molar-refractivity contribution >= 4 is 22.8 Å². The van der Waals surface area contributed by atoms with Crippen LogP contribution in [-0.4, -0.2) is 39.5 Å². The summed E-state index contributed by atoms with van der Waals surface area (Å²) in [6.45, 7) is 0.485. The van der Waals surface area contributed by atoms with Crippen molar-refractivity contribution in [1.29, 1.82) is 0 Å². The number of aromatic nitrogens is 1. The Balaban J connectivity index is 2.03. The minimum absolute atomic E-state index is 0.251. The first-order chi connectivity index (χ1) is 9.68.